The largest absolute Gasteiger partial charge is 0.455 e. The zero-order valence-electron chi connectivity index (χ0n) is 11.9. The van der Waals surface area contributed by atoms with Crippen molar-refractivity contribution in [1.29, 1.82) is 0 Å². The summed E-state index contributed by atoms with van der Waals surface area (Å²) in [5.74, 6) is 0.644. The Bertz CT molecular complexity index is 673. The Hall–Kier alpha value is -2.36. The van der Waals surface area contributed by atoms with E-state index in [0.717, 1.165) is 18.4 Å². The summed E-state index contributed by atoms with van der Waals surface area (Å²) < 4.78 is 5.54. The molecule has 0 bridgehead atoms. The van der Waals surface area contributed by atoms with E-state index in [2.05, 4.69) is 5.32 Å². The lowest BCUT2D eigenvalue weighted by Crippen LogP contribution is -2.26. The van der Waals surface area contributed by atoms with E-state index in [-0.39, 0.29) is 23.5 Å². The van der Waals surface area contributed by atoms with Crippen molar-refractivity contribution in [1.82, 2.24) is 5.32 Å². The van der Waals surface area contributed by atoms with Crippen LogP contribution in [0.4, 0.5) is 0 Å². The van der Waals surface area contributed by atoms with Gasteiger partial charge >= 0.3 is 0 Å². The van der Waals surface area contributed by atoms with E-state index in [9.17, 15) is 9.59 Å². The molecule has 21 heavy (non-hydrogen) atoms. The molecular formula is C17H17NO3. The van der Waals surface area contributed by atoms with Crippen LogP contribution in [0.15, 0.2) is 40.8 Å². The standard InChI is InChI=1S/C17H17NO3/c1-11(12-6-3-2-4-7-12)18-17(20)16-10-13-14(19)8-5-9-15(13)21-16/h2-4,6-7,10-11H,5,8-9H2,1H3,(H,18,20). The van der Waals surface area contributed by atoms with Crippen molar-refractivity contribution in [2.75, 3.05) is 0 Å². The number of aryl methyl sites for hydroxylation is 1. The molecule has 1 aromatic heterocycles. The van der Waals surface area contributed by atoms with E-state index in [0.29, 0.717) is 17.7 Å². The van der Waals surface area contributed by atoms with E-state index in [1.54, 1.807) is 6.07 Å². The lowest BCUT2D eigenvalue weighted by Gasteiger charge is -2.13. The lowest BCUT2D eigenvalue weighted by molar-refractivity contribution is 0.0906. The van der Waals surface area contributed by atoms with Gasteiger partial charge in [-0.2, -0.15) is 0 Å². The second-order valence-corrected chi connectivity index (χ2v) is 5.33. The Morgan fingerprint density at radius 1 is 1.24 bits per heavy atom. The molecule has 1 heterocycles. The van der Waals surface area contributed by atoms with Crippen molar-refractivity contribution in [2.24, 2.45) is 0 Å². The third-order valence-electron chi connectivity index (χ3n) is 3.79. The highest BCUT2D eigenvalue weighted by atomic mass is 16.4. The fourth-order valence-electron chi connectivity index (χ4n) is 2.60. The maximum absolute atomic E-state index is 12.2. The van der Waals surface area contributed by atoms with Crippen molar-refractivity contribution in [2.45, 2.75) is 32.2 Å². The van der Waals surface area contributed by atoms with Crippen molar-refractivity contribution in [3.05, 3.63) is 59.0 Å². The second kappa shape index (κ2) is 5.56. The van der Waals surface area contributed by atoms with Crippen LogP contribution in [-0.4, -0.2) is 11.7 Å². The summed E-state index contributed by atoms with van der Waals surface area (Å²) in [4.78, 5) is 24.0. The molecular weight excluding hydrogens is 266 g/mol. The molecule has 0 spiro atoms. The van der Waals surface area contributed by atoms with E-state index >= 15 is 0 Å². The second-order valence-electron chi connectivity index (χ2n) is 5.33. The van der Waals surface area contributed by atoms with Crippen LogP contribution in [0, 0.1) is 0 Å². The fourth-order valence-corrected chi connectivity index (χ4v) is 2.60. The maximum atomic E-state index is 12.2. The van der Waals surface area contributed by atoms with Gasteiger partial charge in [0.2, 0.25) is 0 Å². The lowest BCUT2D eigenvalue weighted by atomic mass is 9.97. The summed E-state index contributed by atoms with van der Waals surface area (Å²) in [6.07, 6.45) is 2.05. The molecule has 4 nitrogen and oxygen atoms in total. The van der Waals surface area contributed by atoms with E-state index in [1.807, 2.05) is 37.3 Å². The number of ketones is 1. The van der Waals surface area contributed by atoms with Gasteiger partial charge in [-0.1, -0.05) is 30.3 Å². The molecule has 108 valence electrons. The van der Waals surface area contributed by atoms with Crippen LogP contribution in [0.2, 0.25) is 0 Å². The van der Waals surface area contributed by atoms with Gasteiger partial charge in [0.05, 0.1) is 11.6 Å². The number of Topliss-reactive ketones (excluding diaryl/α,β-unsaturated/α-hetero) is 1. The predicted molar refractivity (Wildman–Crippen MR) is 78.3 cm³/mol. The van der Waals surface area contributed by atoms with Crippen molar-refractivity contribution in [3.8, 4) is 0 Å². The van der Waals surface area contributed by atoms with Crippen LogP contribution < -0.4 is 5.32 Å². The summed E-state index contributed by atoms with van der Waals surface area (Å²) in [6.45, 7) is 1.92. The first-order chi connectivity index (χ1) is 10.1. The first kappa shape index (κ1) is 13.6. The highest BCUT2D eigenvalue weighted by Gasteiger charge is 2.25. The Morgan fingerprint density at radius 3 is 2.71 bits per heavy atom. The predicted octanol–water partition coefficient (Wildman–Crippen LogP) is 3.29. The maximum Gasteiger partial charge on any atom is 0.287 e. The number of hydrogen-bond acceptors (Lipinski definition) is 3. The summed E-state index contributed by atoms with van der Waals surface area (Å²) in [6, 6.07) is 11.2. The van der Waals surface area contributed by atoms with Gasteiger partial charge in [-0.05, 0) is 18.9 Å². The van der Waals surface area contributed by atoms with Crippen LogP contribution in [0.1, 0.15) is 58.0 Å². The number of fused-ring (bicyclic) bond motifs is 1. The Morgan fingerprint density at radius 2 is 2.00 bits per heavy atom. The quantitative estimate of drug-likeness (QED) is 0.940. The summed E-state index contributed by atoms with van der Waals surface area (Å²) in [5.41, 5.74) is 1.59. The fraction of sp³-hybridized carbons (Fsp3) is 0.294. The number of amides is 1. The van der Waals surface area contributed by atoms with Crippen LogP contribution in [-0.2, 0) is 6.42 Å². The highest BCUT2D eigenvalue weighted by molar-refractivity contribution is 6.01. The molecule has 4 heteroatoms. The van der Waals surface area contributed by atoms with Gasteiger partial charge in [0, 0.05) is 18.9 Å². The third kappa shape index (κ3) is 2.75. The molecule has 1 aliphatic carbocycles. The molecule has 1 N–H and O–H groups in total. The topological polar surface area (TPSA) is 59.3 Å². The molecule has 3 rings (SSSR count). The Labute approximate surface area is 123 Å². The minimum Gasteiger partial charge on any atom is -0.455 e. The number of benzene rings is 1. The van der Waals surface area contributed by atoms with Crippen LogP contribution in [0.25, 0.3) is 0 Å². The number of carbonyl (C=O) groups excluding carboxylic acids is 2. The Kier molecular flexibility index (Phi) is 3.60. The zero-order valence-corrected chi connectivity index (χ0v) is 11.9. The van der Waals surface area contributed by atoms with Gasteiger partial charge in [0.1, 0.15) is 5.76 Å². The minimum atomic E-state index is -0.284. The molecule has 1 aromatic carbocycles. The molecule has 1 atom stereocenters. The van der Waals surface area contributed by atoms with Crippen molar-refractivity contribution >= 4 is 11.7 Å². The average Bonchev–Trinajstić information content (AvgIpc) is 2.94. The van der Waals surface area contributed by atoms with Gasteiger partial charge in [0.15, 0.2) is 11.5 Å². The van der Waals surface area contributed by atoms with Gasteiger partial charge in [-0.3, -0.25) is 9.59 Å². The number of carbonyl (C=O) groups is 2. The van der Waals surface area contributed by atoms with Crippen molar-refractivity contribution in [3.63, 3.8) is 0 Å². The van der Waals surface area contributed by atoms with E-state index < -0.39 is 0 Å². The van der Waals surface area contributed by atoms with Gasteiger partial charge in [0.25, 0.3) is 5.91 Å². The average molecular weight is 283 g/mol. The monoisotopic (exact) mass is 283 g/mol. The third-order valence-corrected chi connectivity index (χ3v) is 3.79. The number of furan rings is 1. The van der Waals surface area contributed by atoms with Gasteiger partial charge in [-0.25, -0.2) is 0 Å². The molecule has 0 saturated heterocycles. The molecule has 2 aromatic rings. The minimum absolute atomic E-state index is 0.0650. The van der Waals surface area contributed by atoms with Gasteiger partial charge in [-0.15, -0.1) is 0 Å². The van der Waals surface area contributed by atoms with Crippen LogP contribution in [0.5, 0.6) is 0 Å². The smallest absolute Gasteiger partial charge is 0.287 e. The molecule has 0 radical (unpaired) electrons. The van der Waals surface area contributed by atoms with Crippen molar-refractivity contribution < 1.29 is 14.0 Å². The SMILES string of the molecule is CC(NC(=O)c1cc2c(o1)CCCC2=O)c1ccccc1. The summed E-state index contributed by atoms with van der Waals surface area (Å²) in [7, 11) is 0. The molecule has 0 saturated carbocycles. The number of hydrogen-bond donors (Lipinski definition) is 1. The highest BCUT2D eigenvalue weighted by Crippen LogP contribution is 2.25. The Balaban J connectivity index is 1.76. The zero-order chi connectivity index (χ0) is 14.8. The molecule has 1 aliphatic rings. The van der Waals surface area contributed by atoms with Crippen LogP contribution in [0.3, 0.4) is 0 Å². The normalized spacial score (nSPS) is 15.4. The molecule has 1 unspecified atom stereocenters. The van der Waals surface area contributed by atoms with E-state index in [4.69, 9.17) is 4.42 Å². The summed E-state index contributed by atoms with van der Waals surface area (Å²) >= 11 is 0. The first-order valence-electron chi connectivity index (χ1n) is 7.17. The number of rotatable bonds is 3. The molecule has 0 aliphatic heterocycles. The molecule has 1 amide bonds. The van der Waals surface area contributed by atoms with Crippen LogP contribution >= 0.6 is 0 Å². The number of nitrogens with one attached hydrogen (secondary N) is 1. The summed E-state index contributed by atoms with van der Waals surface area (Å²) in [5, 5.41) is 2.89. The van der Waals surface area contributed by atoms with Gasteiger partial charge < -0.3 is 9.73 Å². The molecule has 0 fully saturated rings. The first-order valence-corrected chi connectivity index (χ1v) is 7.17. The van der Waals surface area contributed by atoms with E-state index in [1.165, 1.54) is 0 Å².